The van der Waals surface area contributed by atoms with E-state index in [4.69, 9.17) is 9.47 Å². The first kappa shape index (κ1) is 14.9. The Morgan fingerprint density at radius 3 is 1.75 bits per heavy atom. The summed E-state index contributed by atoms with van der Waals surface area (Å²) < 4.78 is 11.3. The normalized spacial score (nSPS) is 21.5. The van der Waals surface area contributed by atoms with Crippen molar-refractivity contribution in [2.24, 2.45) is 0 Å². The molecule has 0 fully saturated rings. The number of carbonyl (C=O) groups excluding carboxylic acids is 1. The van der Waals surface area contributed by atoms with Gasteiger partial charge in [-0.15, -0.1) is 0 Å². The standard InChI is InChI=1S/C19H20N2O3/c22-19(20-15-9-11-23-17-7-3-1-5-13(15)17)21-16-10-12-24-18-8-4-2-6-14(16)18/h1-8,15-16H,9-12H2,(H2,20,21,22)/t15-,16-/m0/s1. The van der Waals surface area contributed by atoms with E-state index >= 15 is 0 Å². The third-order valence-electron chi connectivity index (χ3n) is 4.53. The number of carbonyl (C=O) groups is 1. The molecule has 0 aromatic heterocycles. The van der Waals surface area contributed by atoms with Crippen molar-refractivity contribution in [2.45, 2.75) is 24.9 Å². The molecule has 124 valence electrons. The molecule has 2 aromatic carbocycles. The lowest BCUT2D eigenvalue weighted by molar-refractivity contribution is 0.211. The number of hydrogen-bond donors (Lipinski definition) is 2. The molecular formula is C19H20N2O3. The van der Waals surface area contributed by atoms with Gasteiger partial charge >= 0.3 is 6.03 Å². The van der Waals surface area contributed by atoms with Crippen LogP contribution in [0.1, 0.15) is 36.1 Å². The molecule has 2 aliphatic heterocycles. The zero-order valence-corrected chi connectivity index (χ0v) is 13.3. The number of fused-ring (bicyclic) bond motifs is 2. The molecule has 2 aliphatic rings. The van der Waals surface area contributed by atoms with Crippen LogP contribution in [0.25, 0.3) is 0 Å². The highest BCUT2D eigenvalue weighted by Crippen LogP contribution is 2.33. The molecule has 0 saturated heterocycles. The second-order valence-corrected chi connectivity index (χ2v) is 6.07. The summed E-state index contributed by atoms with van der Waals surface area (Å²) in [5.74, 6) is 1.70. The molecule has 2 amide bonds. The predicted octanol–water partition coefficient (Wildman–Crippen LogP) is 3.33. The molecule has 0 saturated carbocycles. The number of urea groups is 1. The lowest BCUT2D eigenvalue weighted by Gasteiger charge is -2.29. The van der Waals surface area contributed by atoms with Crippen molar-refractivity contribution in [3.05, 3.63) is 59.7 Å². The fourth-order valence-corrected chi connectivity index (χ4v) is 3.34. The lowest BCUT2D eigenvalue weighted by Crippen LogP contribution is -2.42. The summed E-state index contributed by atoms with van der Waals surface area (Å²) in [6.45, 7) is 1.23. The fourth-order valence-electron chi connectivity index (χ4n) is 3.34. The number of benzene rings is 2. The van der Waals surface area contributed by atoms with Crippen LogP contribution in [0.5, 0.6) is 11.5 Å². The van der Waals surface area contributed by atoms with Crippen LogP contribution in [0, 0.1) is 0 Å². The average Bonchev–Trinajstić information content (AvgIpc) is 2.62. The molecule has 0 unspecified atom stereocenters. The number of rotatable bonds is 2. The van der Waals surface area contributed by atoms with Crippen molar-refractivity contribution >= 4 is 6.03 Å². The van der Waals surface area contributed by atoms with Crippen molar-refractivity contribution in [3.63, 3.8) is 0 Å². The minimum absolute atomic E-state index is 0.0231. The smallest absolute Gasteiger partial charge is 0.315 e. The predicted molar refractivity (Wildman–Crippen MR) is 90.3 cm³/mol. The Balaban J connectivity index is 1.45. The van der Waals surface area contributed by atoms with Gasteiger partial charge in [0, 0.05) is 24.0 Å². The molecule has 5 heteroatoms. The number of para-hydroxylation sites is 2. The molecular weight excluding hydrogens is 304 g/mol. The molecule has 24 heavy (non-hydrogen) atoms. The van der Waals surface area contributed by atoms with Gasteiger partial charge in [-0.05, 0) is 12.1 Å². The van der Waals surface area contributed by atoms with Gasteiger partial charge in [-0.1, -0.05) is 36.4 Å². The van der Waals surface area contributed by atoms with E-state index in [9.17, 15) is 4.79 Å². The monoisotopic (exact) mass is 324 g/mol. The average molecular weight is 324 g/mol. The van der Waals surface area contributed by atoms with Crippen molar-refractivity contribution in [1.29, 1.82) is 0 Å². The van der Waals surface area contributed by atoms with Gasteiger partial charge in [-0.3, -0.25) is 0 Å². The van der Waals surface area contributed by atoms with E-state index in [0.29, 0.717) is 13.2 Å². The molecule has 2 atom stereocenters. The van der Waals surface area contributed by atoms with E-state index in [-0.39, 0.29) is 18.1 Å². The molecule has 0 spiro atoms. The molecule has 2 aromatic rings. The van der Waals surface area contributed by atoms with Gasteiger partial charge in [0.25, 0.3) is 0 Å². The van der Waals surface area contributed by atoms with Crippen LogP contribution in [0.2, 0.25) is 0 Å². The Morgan fingerprint density at radius 1 is 0.792 bits per heavy atom. The second kappa shape index (κ2) is 6.43. The van der Waals surface area contributed by atoms with E-state index in [2.05, 4.69) is 10.6 Å². The van der Waals surface area contributed by atoms with E-state index in [1.165, 1.54) is 0 Å². The first-order valence-electron chi connectivity index (χ1n) is 8.32. The van der Waals surface area contributed by atoms with Crippen LogP contribution in [-0.4, -0.2) is 19.2 Å². The Labute approximate surface area is 141 Å². The minimum atomic E-state index is -0.154. The summed E-state index contributed by atoms with van der Waals surface area (Å²) in [7, 11) is 0. The zero-order chi connectivity index (χ0) is 16.4. The van der Waals surface area contributed by atoms with E-state index in [0.717, 1.165) is 35.5 Å². The largest absolute Gasteiger partial charge is 0.493 e. The van der Waals surface area contributed by atoms with Crippen LogP contribution >= 0.6 is 0 Å². The summed E-state index contributed by atoms with van der Waals surface area (Å²) in [4.78, 5) is 12.5. The van der Waals surface area contributed by atoms with Gasteiger partial charge < -0.3 is 20.1 Å². The van der Waals surface area contributed by atoms with E-state index in [1.807, 2.05) is 48.5 Å². The van der Waals surface area contributed by atoms with Gasteiger partial charge in [0.1, 0.15) is 11.5 Å². The van der Waals surface area contributed by atoms with Crippen molar-refractivity contribution in [1.82, 2.24) is 10.6 Å². The van der Waals surface area contributed by atoms with Gasteiger partial charge in [-0.2, -0.15) is 0 Å². The van der Waals surface area contributed by atoms with Crippen molar-refractivity contribution in [2.75, 3.05) is 13.2 Å². The molecule has 4 rings (SSSR count). The highest BCUT2D eigenvalue weighted by molar-refractivity contribution is 5.75. The summed E-state index contributed by atoms with van der Waals surface area (Å²) in [6.07, 6.45) is 1.55. The Morgan fingerprint density at radius 2 is 1.25 bits per heavy atom. The number of hydrogen-bond acceptors (Lipinski definition) is 3. The highest BCUT2D eigenvalue weighted by atomic mass is 16.5. The summed E-state index contributed by atoms with van der Waals surface area (Å²) in [6, 6.07) is 15.5. The van der Waals surface area contributed by atoms with Crippen LogP contribution in [-0.2, 0) is 0 Å². The fraction of sp³-hybridized carbons (Fsp3) is 0.316. The van der Waals surface area contributed by atoms with E-state index < -0.39 is 0 Å². The van der Waals surface area contributed by atoms with Crippen LogP contribution < -0.4 is 20.1 Å². The first-order chi connectivity index (χ1) is 11.8. The second-order valence-electron chi connectivity index (χ2n) is 6.07. The number of amides is 2. The van der Waals surface area contributed by atoms with Crippen molar-refractivity contribution < 1.29 is 14.3 Å². The quantitative estimate of drug-likeness (QED) is 0.891. The summed E-state index contributed by atoms with van der Waals surface area (Å²) in [5, 5.41) is 6.16. The Kier molecular flexibility index (Phi) is 3.99. The van der Waals surface area contributed by atoms with Crippen LogP contribution in [0.4, 0.5) is 4.79 Å². The zero-order valence-electron chi connectivity index (χ0n) is 13.3. The maximum Gasteiger partial charge on any atom is 0.315 e. The Bertz CT molecular complexity index is 685. The van der Waals surface area contributed by atoms with Gasteiger partial charge in [0.15, 0.2) is 0 Å². The van der Waals surface area contributed by atoms with Crippen molar-refractivity contribution in [3.8, 4) is 11.5 Å². The maximum atomic E-state index is 12.5. The Hall–Kier alpha value is -2.69. The molecule has 0 radical (unpaired) electrons. The molecule has 0 aliphatic carbocycles. The third kappa shape index (κ3) is 2.89. The molecule has 2 heterocycles. The van der Waals surface area contributed by atoms with E-state index in [1.54, 1.807) is 0 Å². The minimum Gasteiger partial charge on any atom is -0.493 e. The van der Waals surface area contributed by atoms with Gasteiger partial charge in [0.2, 0.25) is 0 Å². The van der Waals surface area contributed by atoms with Crippen LogP contribution in [0.3, 0.4) is 0 Å². The SMILES string of the molecule is O=C(N[C@H]1CCOc2ccccc21)N[C@H]1CCOc2ccccc21. The number of ether oxygens (including phenoxy) is 2. The molecule has 2 N–H and O–H groups in total. The van der Waals surface area contributed by atoms with Crippen LogP contribution in [0.15, 0.2) is 48.5 Å². The number of nitrogens with one attached hydrogen (secondary N) is 2. The molecule has 5 nitrogen and oxygen atoms in total. The molecule has 0 bridgehead atoms. The van der Waals surface area contributed by atoms with Gasteiger partial charge in [-0.25, -0.2) is 4.79 Å². The third-order valence-corrected chi connectivity index (χ3v) is 4.53. The highest BCUT2D eigenvalue weighted by Gasteiger charge is 2.26. The topological polar surface area (TPSA) is 59.6 Å². The summed E-state index contributed by atoms with van der Waals surface area (Å²) >= 11 is 0. The summed E-state index contributed by atoms with van der Waals surface area (Å²) in [5.41, 5.74) is 2.07. The maximum absolute atomic E-state index is 12.5. The first-order valence-corrected chi connectivity index (χ1v) is 8.32. The lowest BCUT2D eigenvalue weighted by atomic mass is 10.00. The van der Waals surface area contributed by atoms with Gasteiger partial charge in [0.05, 0.1) is 25.3 Å².